The number of para-hydroxylation sites is 1. The Balaban J connectivity index is 1.82. The molecule has 1 fully saturated rings. The van der Waals surface area contributed by atoms with E-state index in [9.17, 15) is 0 Å². The van der Waals surface area contributed by atoms with Gasteiger partial charge in [-0.15, -0.1) is 5.10 Å². The maximum atomic E-state index is 4.65. The number of hydrogen-bond acceptors (Lipinski definition) is 5. The van der Waals surface area contributed by atoms with Crippen molar-refractivity contribution >= 4 is 33.4 Å². The van der Waals surface area contributed by atoms with Crippen molar-refractivity contribution in [1.29, 1.82) is 0 Å². The molecule has 0 radical (unpaired) electrons. The molecule has 1 N–H and O–H groups in total. The summed E-state index contributed by atoms with van der Waals surface area (Å²) >= 11 is 3.52. The van der Waals surface area contributed by atoms with Gasteiger partial charge in [-0.05, 0) is 53.7 Å². The number of halogens is 1. The Morgan fingerprint density at radius 1 is 1.32 bits per heavy atom. The van der Waals surface area contributed by atoms with E-state index in [1.165, 1.54) is 19.3 Å². The lowest BCUT2D eigenvalue weighted by Gasteiger charge is -2.35. The first kappa shape index (κ1) is 15.2. The quantitative estimate of drug-likeness (QED) is 0.886. The van der Waals surface area contributed by atoms with Crippen LogP contribution in [0.15, 0.2) is 34.9 Å². The molecule has 1 atom stereocenters. The van der Waals surface area contributed by atoms with Crippen LogP contribution in [0.3, 0.4) is 0 Å². The first-order valence-electron chi connectivity index (χ1n) is 7.76. The van der Waals surface area contributed by atoms with E-state index in [1.807, 2.05) is 24.3 Å². The van der Waals surface area contributed by atoms with Gasteiger partial charge in [0, 0.05) is 17.1 Å². The fourth-order valence-electron chi connectivity index (χ4n) is 2.90. The third-order valence-electron chi connectivity index (χ3n) is 4.06. The van der Waals surface area contributed by atoms with Gasteiger partial charge in [0.25, 0.3) is 0 Å². The highest BCUT2D eigenvalue weighted by atomic mass is 79.9. The molecule has 1 aromatic carbocycles. The lowest BCUT2D eigenvalue weighted by molar-refractivity contribution is 0.446. The first-order chi connectivity index (χ1) is 10.8. The zero-order valence-corrected chi connectivity index (χ0v) is 14.3. The van der Waals surface area contributed by atoms with Crippen LogP contribution in [-0.2, 0) is 0 Å². The van der Waals surface area contributed by atoms with Crippen molar-refractivity contribution in [3.8, 4) is 0 Å². The summed E-state index contributed by atoms with van der Waals surface area (Å²) in [5.41, 5.74) is 0.937. The molecule has 5 nitrogen and oxygen atoms in total. The molecule has 1 aliphatic heterocycles. The van der Waals surface area contributed by atoms with Crippen molar-refractivity contribution in [3.05, 3.63) is 34.9 Å². The van der Waals surface area contributed by atoms with Crippen LogP contribution in [0.5, 0.6) is 0 Å². The van der Waals surface area contributed by atoms with E-state index in [4.69, 9.17) is 0 Å². The number of aromatic nitrogens is 3. The highest BCUT2D eigenvalue weighted by Crippen LogP contribution is 2.27. The molecule has 6 heteroatoms. The standard InChI is InChI=1S/C16H20BrN5/c1-2-12-7-5-6-10-22(12)15-11-18-21-16(20-15)19-14-9-4-3-8-13(14)17/h3-4,8-9,11-12H,2,5-7,10H2,1H3,(H,19,20,21). The fraction of sp³-hybridized carbons (Fsp3) is 0.438. The molecule has 0 spiro atoms. The van der Waals surface area contributed by atoms with Crippen molar-refractivity contribution < 1.29 is 0 Å². The van der Waals surface area contributed by atoms with E-state index < -0.39 is 0 Å². The molecule has 0 amide bonds. The minimum atomic E-state index is 0.532. The van der Waals surface area contributed by atoms with Crippen molar-refractivity contribution in [2.24, 2.45) is 0 Å². The number of nitrogens with one attached hydrogen (secondary N) is 1. The third-order valence-corrected chi connectivity index (χ3v) is 4.75. The van der Waals surface area contributed by atoms with Gasteiger partial charge < -0.3 is 10.2 Å². The molecular weight excluding hydrogens is 342 g/mol. The van der Waals surface area contributed by atoms with Gasteiger partial charge in [-0.2, -0.15) is 10.1 Å². The number of benzene rings is 1. The Kier molecular flexibility index (Phi) is 4.87. The third kappa shape index (κ3) is 3.38. The maximum absolute atomic E-state index is 4.65. The average Bonchev–Trinajstić information content (AvgIpc) is 2.57. The lowest BCUT2D eigenvalue weighted by atomic mass is 10.0. The number of nitrogens with zero attached hydrogens (tertiary/aromatic N) is 4. The summed E-state index contributed by atoms with van der Waals surface area (Å²) in [5.74, 6) is 1.45. The van der Waals surface area contributed by atoms with E-state index in [1.54, 1.807) is 6.20 Å². The molecule has 1 aliphatic rings. The smallest absolute Gasteiger partial charge is 0.249 e. The SMILES string of the molecule is CCC1CCCCN1c1cnnc(Nc2ccccc2Br)n1. The zero-order valence-electron chi connectivity index (χ0n) is 12.7. The Morgan fingerprint density at radius 2 is 2.18 bits per heavy atom. The van der Waals surface area contributed by atoms with Crippen LogP contribution in [-0.4, -0.2) is 27.8 Å². The zero-order chi connectivity index (χ0) is 15.4. The Bertz CT molecular complexity index is 633. The van der Waals surface area contributed by atoms with Crippen LogP contribution < -0.4 is 10.2 Å². The Morgan fingerprint density at radius 3 is 3.00 bits per heavy atom. The topological polar surface area (TPSA) is 53.9 Å². The molecule has 0 bridgehead atoms. The summed E-state index contributed by atoms with van der Waals surface area (Å²) in [6, 6.07) is 8.47. The molecule has 0 saturated carbocycles. The summed E-state index contributed by atoms with van der Waals surface area (Å²) in [6.07, 6.45) is 6.65. The first-order valence-corrected chi connectivity index (χ1v) is 8.55. The largest absolute Gasteiger partial charge is 0.352 e. The predicted molar refractivity (Wildman–Crippen MR) is 92.5 cm³/mol. The van der Waals surface area contributed by atoms with E-state index in [0.717, 1.165) is 28.9 Å². The minimum Gasteiger partial charge on any atom is -0.352 e. The highest BCUT2D eigenvalue weighted by molar-refractivity contribution is 9.10. The van der Waals surface area contributed by atoms with Gasteiger partial charge >= 0.3 is 0 Å². The van der Waals surface area contributed by atoms with Crippen molar-refractivity contribution in [1.82, 2.24) is 15.2 Å². The maximum Gasteiger partial charge on any atom is 0.249 e. The summed E-state index contributed by atoms with van der Waals surface area (Å²) in [4.78, 5) is 7.02. The average molecular weight is 362 g/mol. The van der Waals surface area contributed by atoms with Crippen LogP contribution >= 0.6 is 15.9 Å². The van der Waals surface area contributed by atoms with E-state index in [2.05, 4.69) is 48.3 Å². The van der Waals surface area contributed by atoms with Gasteiger partial charge in [-0.1, -0.05) is 19.1 Å². The monoisotopic (exact) mass is 361 g/mol. The van der Waals surface area contributed by atoms with Crippen LogP contribution in [0, 0.1) is 0 Å². The number of rotatable bonds is 4. The van der Waals surface area contributed by atoms with Gasteiger partial charge in [0.1, 0.15) is 0 Å². The van der Waals surface area contributed by atoms with Crippen molar-refractivity contribution in [2.75, 3.05) is 16.8 Å². The van der Waals surface area contributed by atoms with Gasteiger partial charge in [-0.25, -0.2) is 0 Å². The molecule has 1 unspecified atom stereocenters. The molecule has 116 valence electrons. The normalized spacial score (nSPS) is 18.3. The molecule has 1 saturated heterocycles. The van der Waals surface area contributed by atoms with Crippen molar-refractivity contribution in [2.45, 2.75) is 38.6 Å². The van der Waals surface area contributed by atoms with Gasteiger partial charge in [0.2, 0.25) is 5.95 Å². The number of hydrogen-bond donors (Lipinski definition) is 1. The molecule has 3 rings (SSSR count). The fourth-order valence-corrected chi connectivity index (χ4v) is 3.28. The van der Waals surface area contributed by atoms with E-state index in [0.29, 0.717) is 12.0 Å². The minimum absolute atomic E-state index is 0.532. The second-order valence-corrected chi connectivity index (χ2v) is 6.35. The molecular formula is C16H20BrN5. The molecule has 2 aromatic rings. The number of anilines is 3. The van der Waals surface area contributed by atoms with Crippen LogP contribution in [0.25, 0.3) is 0 Å². The summed E-state index contributed by atoms with van der Waals surface area (Å²) in [5, 5.41) is 11.5. The highest BCUT2D eigenvalue weighted by Gasteiger charge is 2.22. The summed E-state index contributed by atoms with van der Waals surface area (Å²) < 4.78 is 0.980. The van der Waals surface area contributed by atoms with Crippen LogP contribution in [0.4, 0.5) is 17.5 Å². The molecule has 2 heterocycles. The Hall–Kier alpha value is -1.69. The number of piperidine rings is 1. The van der Waals surface area contributed by atoms with Crippen LogP contribution in [0.1, 0.15) is 32.6 Å². The summed E-state index contributed by atoms with van der Waals surface area (Å²) in [6.45, 7) is 3.28. The molecule has 22 heavy (non-hydrogen) atoms. The molecule has 0 aliphatic carbocycles. The van der Waals surface area contributed by atoms with E-state index in [-0.39, 0.29) is 0 Å². The predicted octanol–water partition coefficient (Wildman–Crippen LogP) is 4.15. The van der Waals surface area contributed by atoms with Gasteiger partial charge in [0.15, 0.2) is 5.82 Å². The second kappa shape index (κ2) is 7.05. The Labute approximate surface area is 139 Å². The second-order valence-electron chi connectivity index (χ2n) is 5.49. The van der Waals surface area contributed by atoms with Crippen LogP contribution in [0.2, 0.25) is 0 Å². The summed E-state index contributed by atoms with van der Waals surface area (Å²) in [7, 11) is 0. The lowest BCUT2D eigenvalue weighted by Crippen LogP contribution is -2.39. The van der Waals surface area contributed by atoms with Crippen molar-refractivity contribution in [3.63, 3.8) is 0 Å². The van der Waals surface area contributed by atoms with E-state index >= 15 is 0 Å². The van der Waals surface area contributed by atoms with Gasteiger partial charge in [0.05, 0.1) is 11.9 Å². The molecule has 1 aromatic heterocycles. The van der Waals surface area contributed by atoms with Gasteiger partial charge in [-0.3, -0.25) is 0 Å².